The van der Waals surface area contributed by atoms with Crippen LogP contribution < -0.4 is 15.6 Å². The average Bonchev–Trinajstić information content (AvgIpc) is 3.26. The second-order valence-corrected chi connectivity index (χ2v) is 7.36. The summed E-state index contributed by atoms with van der Waals surface area (Å²) >= 11 is 0. The number of aromatic nitrogens is 3. The van der Waals surface area contributed by atoms with Gasteiger partial charge in [0.1, 0.15) is 17.4 Å². The SMILES string of the molecule is COc1ccc2nc(NNC(=O)CCc3nc(-c4ccc(F)c(C)c4)no3)c(C)cc2c1. The Labute approximate surface area is 183 Å². The number of methoxy groups -OCH3 is 1. The van der Waals surface area contributed by atoms with E-state index in [1.165, 1.54) is 6.07 Å². The largest absolute Gasteiger partial charge is 0.497 e. The van der Waals surface area contributed by atoms with Crippen LogP contribution in [0.1, 0.15) is 23.4 Å². The Balaban J connectivity index is 1.34. The molecule has 4 aromatic rings. The number of halogens is 1. The molecule has 0 bridgehead atoms. The molecule has 0 fully saturated rings. The fourth-order valence-corrected chi connectivity index (χ4v) is 3.18. The Morgan fingerprint density at radius 1 is 1.09 bits per heavy atom. The molecule has 1 amide bonds. The monoisotopic (exact) mass is 435 g/mol. The fourth-order valence-electron chi connectivity index (χ4n) is 3.18. The highest BCUT2D eigenvalue weighted by Crippen LogP contribution is 2.23. The van der Waals surface area contributed by atoms with E-state index in [0.717, 1.165) is 22.2 Å². The first kappa shape index (κ1) is 21.2. The van der Waals surface area contributed by atoms with Crippen LogP contribution in [0, 0.1) is 19.7 Å². The molecule has 164 valence electrons. The number of amides is 1. The standard InChI is InChI=1S/C23H22FN5O3/c1-13-10-15(4-6-18(13)24)23-26-21(32-29-23)9-8-20(30)27-28-22-14(2)11-16-12-17(31-3)5-7-19(16)25-22/h4-7,10-12H,8-9H2,1-3H3,(H,25,28)(H,27,30). The van der Waals surface area contributed by atoms with Crippen molar-refractivity contribution in [1.82, 2.24) is 20.6 Å². The van der Waals surface area contributed by atoms with Gasteiger partial charge in [-0.1, -0.05) is 5.16 Å². The van der Waals surface area contributed by atoms with Crippen LogP contribution in [0.5, 0.6) is 5.75 Å². The van der Waals surface area contributed by atoms with Gasteiger partial charge in [0.2, 0.25) is 17.6 Å². The predicted molar refractivity (Wildman–Crippen MR) is 118 cm³/mol. The van der Waals surface area contributed by atoms with E-state index in [1.807, 2.05) is 31.2 Å². The zero-order chi connectivity index (χ0) is 22.7. The second-order valence-electron chi connectivity index (χ2n) is 7.36. The summed E-state index contributed by atoms with van der Waals surface area (Å²) in [6.45, 7) is 3.57. The number of fused-ring (bicyclic) bond motifs is 1. The minimum atomic E-state index is -0.294. The summed E-state index contributed by atoms with van der Waals surface area (Å²) in [5.41, 5.74) is 8.32. The van der Waals surface area contributed by atoms with Crippen molar-refractivity contribution in [3.8, 4) is 17.1 Å². The molecule has 2 aromatic heterocycles. The number of carbonyl (C=O) groups is 1. The molecule has 0 saturated carbocycles. The molecule has 0 aliphatic heterocycles. The number of ether oxygens (including phenoxy) is 1. The van der Waals surface area contributed by atoms with Crippen molar-refractivity contribution < 1.29 is 18.4 Å². The first-order chi connectivity index (χ1) is 15.4. The van der Waals surface area contributed by atoms with Crippen LogP contribution in [0.4, 0.5) is 10.2 Å². The van der Waals surface area contributed by atoms with E-state index >= 15 is 0 Å². The Hall–Kier alpha value is -4.01. The van der Waals surface area contributed by atoms with E-state index < -0.39 is 0 Å². The normalized spacial score (nSPS) is 10.9. The summed E-state index contributed by atoms with van der Waals surface area (Å²) in [4.78, 5) is 21.1. The van der Waals surface area contributed by atoms with Crippen molar-refractivity contribution in [2.75, 3.05) is 12.5 Å². The average molecular weight is 435 g/mol. The quantitative estimate of drug-likeness (QED) is 0.421. The summed E-state index contributed by atoms with van der Waals surface area (Å²) in [5, 5.41) is 4.85. The lowest BCUT2D eigenvalue weighted by atomic mass is 10.1. The molecular weight excluding hydrogens is 413 g/mol. The number of hydrazine groups is 1. The number of carbonyl (C=O) groups excluding carboxylic acids is 1. The molecule has 2 aromatic carbocycles. The van der Waals surface area contributed by atoms with Crippen LogP contribution in [0.15, 0.2) is 47.0 Å². The summed E-state index contributed by atoms with van der Waals surface area (Å²) in [7, 11) is 1.62. The minimum Gasteiger partial charge on any atom is -0.497 e. The van der Waals surface area contributed by atoms with Crippen LogP contribution in [-0.4, -0.2) is 28.1 Å². The molecule has 0 unspecified atom stereocenters. The third kappa shape index (κ3) is 4.66. The maximum absolute atomic E-state index is 13.4. The van der Waals surface area contributed by atoms with E-state index in [1.54, 1.807) is 26.2 Å². The number of hydrogen-bond acceptors (Lipinski definition) is 7. The Kier molecular flexibility index (Phi) is 5.98. The third-order valence-corrected chi connectivity index (χ3v) is 4.98. The molecule has 2 N–H and O–H groups in total. The minimum absolute atomic E-state index is 0.140. The van der Waals surface area contributed by atoms with E-state index in [4.69, 9.17) is 9.26 Å². The summed E-state index contributed by atoms with van der Waals surface area (Å²) < 4.78 is 23.9. The summed E-state index contributed by atoms with van der Waals surface area (Å²) in [6, 6.07) is 12.2. The van der Waals surface area contributed by atoms with Crippen LogP contribution in [0.3, 0.4) is 0 Å². The lowest BCUT2D eigenvalue weighted by molar-refractivity contribution is -0.120. The molecule has 0 spiro atoms. The Morgan fingerprint density at radius 3 is 2.72 bits per heavy atom. The maximum Gasteiger partial charge on any atom is 0.238 e. The van der Waals surface area contributed by atoms with Gasteiger partial charge in [0.05, 0.1) is 12.6 Å². The van der Waals surface area contributed by atoms with Gasteiger partial charge in [-0.3, -0.25) is 15.6 Å². The van der Waals surface area contributed by atoms with Crippen LogP contribution >= 0.6 is 0 Å². The zero-order valence-electron chi connectivity index (χ0n) is 17.9. The van der Waals surface area contributed by atoms with Gasteiger partial charge in [0.15, 0.2) is 0 Å². The number of anilines is 1. The number of hydrogen-bond donors (Lipinski definition) is 2. The molecule has 0 aliphatic rings. The first-order valence-corrected chi connectivity index (χ1v) is 10.0. The molecule has 9 heteroatoms. The van der Waals surface area contributed by atoms with Gasteiger partial charge >= 0.3 is 0 Å². The molecule has 0 radical (unpaired) electrons. The zero-order valence-corrected chi connectivity index (χ0v) is 17.9. The predicted octanol–water partition coefficient (Wildman–Crippen LogP) is 4.13. The molecule has 8 nitrogen and oxygen atoms in total. The number of nitrogens with one attached hydrogen (secondary N) is 2. The highest BCUT2D eigenvalue weighted by atomic mass is 19.1. The van der Waals surface area contributed by atoms with Crippen LogP contribution in [-0.2, 0) is 11.2 Å². The maximum atomic E-state index is 13.4. The topological polar surface area (TPSA) is 102 Å². The van der Waals surface area contributed by atoms with Gasteiger partial charge < -0.3 is 9.26 Å². The lowest BCUT2D eigenvalue weighted by Gasteiger charge is -2.11. The molecule has 0 aliphatic carbocycles. The molecule has 4 rings (SSSR count). The second kappa shape index (κ2) is 9.01. The Morgan fingerprint density at radius 2 is 1.94 bits per heavy atom. The van der Waals surface area contributed by atoms with E-state index in [0.29, 0.717) is 28.7 Å². The van der Waals surface area contributed by atoms with Gasteiger partial charge in [-0.2, -0.15) is 4.98 Å². The van der Waals surface area contributed by atoms with Crippen molar-refractivity contribution >= 4 is 22.6 Å². The third-order valence-electron chi connectivity index (χ3n) is 4.98. The lowest BCUT2D eigenvalue weighted by Crippen LogP contribution is -2.30. The van der Waals surface area contributed by atoms with Gasteiger partial charge in [0.25, 0.3) is 0 Å². The number of pyridine rings is 1. The molecule has 0 saturated heterocycles. The first-order valence-electron chi connectivity index (χ1n) is 10.0. The van der Waals surface area contributed by atoms with E-state index in [-0.39, 0.29) is 24.6 Å². The summed E-state index contributed by atoms with van der Waals surface area (Å²) in [5.74, 6) is 1.45. The molecule has 32 heavy (non-hydrogen) atoms. The smallest absolute Gasteiger partial charge is 0.238 e. The van der Waals surface area contributed by atoms with Crippen molar-refractivity contribution in [1.29, 1.82) is 0 Å². The van der Waals surface area contributed by atoms with Gasteiger partial charge in [-0.25, -0.2) is 9.37 Å². The Bertz CT molecular complexity index is 1290. The molecular formula is C23H22FN5O3. The number of rotatable bonds is 7. The highest BCUT2D eigenvalue weighted by molar-refractivity contribution is 5.84. The van der Waals surface area contributed by atoms with Crippen molar-refractivity contribution in [3.63, 3.8) is 0 Å². The number of benzene rings is 2. The molecule has 2 heterocycles. The van der Waals surface area contributed by atoms with Crippen molar-refractivity contribution in [2.24, 2.45) is 0 Å². The number of aryl methyl sites for hydroxylation is 3. The highest BCUT2D eigenvalue weighted by Gasteiger charge is 2.12. The fraction of sp³-hybridized carbons (Fsp3) is 0.217. The van der Waals surface area contributed by atoms with Crippen LogP contribution in [0.25, 0.3) is 22.3 Å². The van der Waals surface area contributed by atoms with Crippen molar-refractivity contribution in [3.05, 3.63) is 65.3 Å². The van der Waals surface area contributed by atoms with E-state index in [2.05, 4.69) is 26.0 Å². The van der Waals surface area contributed by atoms with Gasteiger partial charge in [0, 0.05) is 23.8 Å². The molecule has 0 atom stereocenters. The van der Waals surface area contributed by atoms with Gasteiger partial charge in [-0.05, 0) is 67.4 Å². The number of nitrogens with zero attached hydrogens (tertiary/aromatic N) is 3. The van der Waals surface area contributed by atoms with Gasteiger partial charge in [-0.15, -0.1) is 0 Å². The summed E-state index contributed by atoms with van der Waals surface area (Å²) in [6.07, 6.45) is 0.408. The van der Waals surface area contributed by atoms with Crippen LogP contribution in [0.2, 0.25) is 0 Å². The van der Waals surface area contributed by atoms with Crippen molar-refractivity contribution in [2.45, 2.75) is 26.7 Å². The van der Waals surface area contributed by atoms with E-state index in [9.17, 15) is 9.18 Å².